The lowest BCUT2D eigenvalue weighted by Gasteiger charge is -2.17. The first-order valence-corrected chi connectivity index (χ1v) is 5.09. The van der Waals surface area contributed by atoms with Crippen molar-refractivity contribution < 1.29 is 14.9 Å². The van der Waals surface area contributed by atoms with Gasteiger partial charge in [-0.2, -0.15) is 4.98 Å². The van der Waals surface area contributed by atoms with Gasteiger partial charge in [0.2, 0.25) is 0 Å². The van der Waals surface area contributed by atoms with Gasteiger partial charge in [0.15, 0.2) is 6.23 Å². The lowest BCUT2D eigenvalue weighted by atomic mass is 10.1. The third kappa shape index (κ3) is 2.03. The van der Waals surface area contributed by atoms with Crippen LogP contribution in [0.2, 0.25) is 0 Å². The predicted molar refractivity (Wildman–Crippen MR) is 57.9 cm³/mol. The normalized spacial score (nSPS) is 32.9. The van der Waals surface area contributed by atoms with Gasteiger partial charge in [-0.15, -0.1) is 0 Å². The molecule has 8 heteroatoms. The summed E-state index contributed by atoms with van der Waals surface area (Å²) in [6.07, 6.45) is -1.31. The second-order valence-corrected chi connectivity index (χ2v) is 3.86. The van der Waals surface area contributed by atoms with E-state index in [0.29, 0.717) is 0 Å². The third-order valence-electron chi connectivity index (χ3n) is 2.72. The Hall–Kier alpha value is -1.48. The van der Waals surface area contributed by atoms with E-state index in [1.807, 2.05) is 0 Å². The van der Waals surface area contributed by atoms with Crippen LogP contribution in [-0.2, 0) is 4.74 Å². The smallest absolute Gasteiger partial charge is 0.351 e. The topological polar surface area (TPSA) is 137 Å². The first-order chi connectivity index (χ1) is 8.04. The lowest BCUT2D eigenvalue weighted by molar-refractivity contribution is -0.0464. The van der Waals surface area contributed by atoms with E-state index in [1.54, 1.807) is 0 Å². The van der Waals surface area contributed by atoms with Gasteiger partial charge in [-0.3, -0.25) is 4.57 Å². The van der Waals surface area contributed by atoms with Crippen molar-refractivity contribution in [2.45, 2.75) is 24.5 Å². The number of nitrogen functional groups attached to an aromatic ring is 1. The summed E-state index contributed by atoms with van der Waals surface area (Å²) < 4.78 is 6.44. The molecular formula is C9H14N4O4. The summed E-state index contributed by atoms with van der Waals surface area (Å²) in [6.45, 7) is -0.373. The van der Waals surface area contributed by atoms with E-state index in [4.69, 9.17) is 21.3 Å². The zero-order chi connectivity index (χ0) is 12.6. The van der Waals surface area contributed by atoms with Gasteiger partial charge in [0.1, 0.15) is 18.0 Å². The quantitative estimate of drug-likeness (QED) is 0.446. The van der Waals surface area contributed by atoms with Gasteiger partial charge in [-0.25, -0.2) is 4.79 Å². The Kier molecular flexibility index (Phi) is 3.11. The summed E-state index contributed by atoms with van der Waals surface area (Å²) in [5.41, 5.74) is 10.5. The van der Waals surface area contributed by atoms with E-state index in [1.165, 1.54) is 12.3 Å². The summed E-state index contributed by atoms with van der Waals surface area (Å²) in [7, 11) is 0. The molecule has 1 aromatic rings. The fraction of sp³-hybridized carbons (Fsp3) is 0.556. The fourth-order valence-corrected chi connectivity index (χ4v) is 1.79. The maximum absolute atomic E-state index is 11.6. The largest absolute Gasteiger partial charge is 0.394 e. The minimum Gasteiger partial charge on any atom is -0.394 e. The van der Waals surface area contributed by atoms with Gasteiger partial charge in [-0.1, -0.05) is 0 Å². The highest BCUT2D eigenvalue weighted by atomic mass is 16.5. The lowest BCUT2D eigenvalue weighted by Crippen LogP contribution is -2.42. The zero-order valence-corrected chi connectivity index (χ0v) is 8.93. The molecule has 1 aromatic heterocycles. The second-order valence-electron chi connectivity index (χ2n) is 3.86. The number of rotatable bonds is 2. The van der Waals surface area contributed by atoms with Crippen LogP contribution in [0.1, 0.15) is 6.23 Å². The van der Waals surface area contributed by atoms with Crippen LogP contribution >= 0.6 is 0 Å². The van der Waals surface area contributed by atoms with Crippen LogP contribution in [0.5, 0.6) is 0 Å². The van der Waals surface area contributed by atoms with Gasteiger partial charge < -0.3 is 26.4 Å². The molecule has 94 valence electrons. The van der Waals surface area contributed by atoms with Crippen LogP contribution in [0.15, 0.2) is 17.1 Å². The van der Waals surface area contributed by atoms with E-state index < -0.39 is 30.2 Å². The summed E-state index contributed by atoms with van der Waals surface area (Å²) in [6, 6.07) is 0.617. The van der Waals surface area contributed by atoms with Crippen molar-refractivity contribution in [3.63, 3.8) is 0 Å². The van der Waals surface area contributed by atoms with E-state index >= 15 is 0 Å². The molecule has 0 radical (unpaired) electrons. The summed E-state index contributed by atoms with van der Waals surface area (Å²) in [5, 5.41) is 18.6. The van der Waals surface area contributed by atoms with E-state index in [0.717, 1.165) is 4.57 Å². The molecule has 0 aliphatic carbocycles. The van der Waals surface area contributed by atoms with Crippen molar-refractivity contribution in [2.75, 3.05) is 12.3 Å². The number of aliphatic hydroxyl groups excluding tert-OH is 2. The molecule has 0 aromatic carbocycles. The highest BCUT2D eigenvalue weighted by Gasteiger charge is 2.42. The molecule has 1 saturated heterocycles. The standard InChI is InChI=1S/C9H14N4O4/c10-5-1-2-13(9(16)12-5)8-6(11)7(15)4(3-14)17-8/h1-2,4,6-8,14-15H,3,11H2,(H2,10,12,16)/t4-,6+,7?,8-/m1/s1. The SMILES string of the molecule is Nc1ccn([C@@H]2O[C@H](CO)C(O)[C@@H]2N)c(=O)n1. The first-order valence-electron chi connectivity index (χ1n) is 5.09. The van der Waals surface area contributed by atoms with Gasteiger partial charge in [0, 0.05) is 6.20 Å². The Morgan fingerprint density at radius 3 is 2.82 bits per heavy atom. The van der Waals surface area contributed by atoms with Crippen LogP contribution in [0.3, 0.4) is 0 Å². The van der Waals surface area contributed by atoms with E-state index in [9.17, 15) is 9.90 Å². The molecule has 0 spiro atoms. The number of nitrogens with zero attached hydrogens (tertiary/aromatic N) is 2. The minimum absolute atomic E-state index is 0.0945. The third-order valence-corrected chi connectivity index (χ3v) is 2.72. The van der Waals surface area contributed by atoms with Gasteiger partial charge in [0.25, 0.3) is 0 Å². The molecule has 1 unspecified atom stereocenters. The van der Waals surface area contributed by atoms with Crippen molar-refractivity contribution in [3.05, 3.63) is 22.7 Å². The molecule has 8 nitrogen and oxygen atoms in total. The number of aromatic nitrogens is 2. The van der Waals surface area contributed by atoms with Crippen LogP contribution in [-0.4, -0.2) is 44.6 Å². The Bertz CT molecular complexity index is 463. The molecule has 1 fully saturated rings. The number of hydrogen-bond acceptors (Lipinski definition) is 7. The van der Waals surface area contributed by atoms with E-state index in [-0.39, 0.29) is 12.4 Å². The number of ether oxygens (including phenoxy) is 1. The molecule has 0 saturated carbocycles. The molecular weight excluding hydrogens is 228 g/mol. The van der Waals surface area contributed by atoms with Crippen molar-refractivity contribution in [1.82, 2.24) is 9.55 Å². The fourth-order valence-electron chi connectivity index (χ4n) is 1.79. The molecule has 4 atom stereocenters. The summed E-state index contributed by atoms with van der Waals surface area (Å²) >= 11 is 0. The van der Waals surface area contributed by atoms with Crippen molar-refractivity contribution in [1.29, 1.82) is 0 Å². The Morgan fingerprint density at radius 2 is 2.29 bits per heavy atom. The average molecular weight is 242 g/mol. The Balaban J connectivity index is 2.32. The molecule has 1 aliphatic heterocycles. The van der Waals surface area contributed by atoms with Crippen LogP contribution in [0.25, 0.3) is 0 Å². The second kappa shape index (κ2) is 4.41. The van der Waals surface area contributed by atoms with Crippen LogP contribution in [0, 0.1) is 0 Å². The molecule has 17 heavy (non-hydrogen) atoms. The maximum Gasteiger partial charge on any atom is 0.351 e. The van der Waals surface area contributed by atoms with Crippen molar-refractivity contribution in [3.8, 4) is 0 Å². The van der Waals surface area contributed by atoms with Gasteiger partial charge in [0.05, 0.1) is 12.6 Å². The molecule has 2 rings (SSSR count). The molecule has 6 N–H and O–H groups in total. The number of anilines is 1. The average Bonchev–Trinajstić information content (AvgIpc) is 2.57. The Morgan fingerprint density at radius 1 is 1.59 bits per heavy atom. The summed E-state index contributed by atoms with van der Waals surface area (Å²) in [4.78, 5) is 15.1. The molecule has 1 aliphatic rings. The number of nitrogens with two attached hydrogens (primary N) is 2. The summed E-state index contributed by atoms with van der Waals surface area (Å²) in [5.74, 6) is 0.0945. The zero-order valence-electron chi connectivity index (χ0n) is 8.93. The number of hydrogen-bond donors (Lipinski definition) is 4. The highest BCUT2D eigenvalue weighted by molar-refractivity contribution is 5.23. The number of aliphatic hydroxyl groups is 2. The Labute approximate surface area is 96.4 Å². The molecule has 0 amide bonds. The van der Waals surface area contributed by atoms with Gasteiger partial charge in [-0.05, 0) is 6.07 Å². The molecule has 2 heterocycles. The molecule has 0 bridgehead atoms. The maximum atomic E-state index is 11.6. The highest BCUT2D eigenvalue weighted by Crippen LogP contribution is 2.26. The minimum atomic E-state index is -1.03. The van der Waals surface area contributed by atoms with Crippen LogP contribution in [0.4, 0.5) is 5.82 Å². The monoisotopic (exact) mass is 242 g/mol. The first kappa shape index (κ1) is 12.0. The van der Waals surface area contributed by atoms with E-state index in [2.05, 4.69) is 4.98 Å². The van der Waals surface area contributed by atoms with Crippen molar-refractivity contribution in [2.24, 2.45) is 5.73 Å². The van der Waals surface area contributed by atoms with Crippen LogP contribution < -0.4 is 17.2 Å². The van der Waals surface area contributed by atoms with Gasteiger partial charge >= 0.3 is 5.69 Å². The van der Waals surface area contributed by atoms with Crippen molar-refractivity contribution >= 4 is 5.82 Å². The predicted octanol–water partition coefficient (Wildman–Crippen LogP) is -2.60.